The minimum Gasteiger partial charge on any atom is -0.490 e. The number of ether oxygens (including phenoxy) is 1. The molecule has 82 valence electrons. The van der Waals surface area contributed by atoms with E-state index >= 15 is 0 Å². The monoisotopic (exact) mass is 225 g/mol. The highest BCUT2D eigenvalue weighted by Gasteiger charge is 2.27. The van der Waals surface area contributed by atoms with Crippen LogP contribution in [-0.2, 0) is 0 Å². The predicted octanol–water partition coefficient (Wildman–Crippen LogP) is 3.08. The third-order valence-corrected chi connectivity index (χ3v) is 3.05. The molecule has 1 aliphatic rings. The molecule has 1 atom stereocenters. The summed E-state index contributed by atoms with van der Waals surface area (Å²) < 4.78 is 5.63. The van der Waals surface area contributed by atoms with E-state index in [2.05, 4.69) is 25.2 Å². The van der Waals surface area contributed by atoms with Gasteiger partial charge >= 0.3 is 0 Å². The van der Waals surface area contributed by atoms with Crippen LogP contribution < -0.4 is 10.1 Å². The Kier molecular flexibility index (Phi) is 3.17. The summed E-state index contributed by atoms with van der Waals surface area (Å²) >= 11 is 6.09. The van der Waals surface area contributed by atoms with Gasteiger partial charge in [-0.2, -0.15) is 0 Å². The predicted molar refractivity (Wildman–Crippen MR) is 62.7 cm³/mol. The second-order valence-electron chi connectivity index (χ2n) is 3.92. The average Bonchev–Trinajstić information content (AvgIpc) is 2.65. The lowest BCUT2D eigenvalue weighted by Gasteiger charge is -2.12. The summed E-state index contributed by atoms with van der Waals surface area (Å²) in [5.41, 5.74) is 2.48. The summed E-state index contributed by atoms with van der Waals surface area (Å²) in [5, 5.41) is 4.19. The Hall–Kier alpha value is -0.730. The van der Waals surface area contributed by atoms with E-state index in [0.29, 0.717) is 12.6 Å². The smallest absolute Gasteiger partial charge is 0.143 e. The van der Waals surface area contributed by atoms with E-state index in [1.54, 1.807) is 0 Å². The van der Waals surface area contributed by atoms with Gasteiger partial charge in [0, 0.05) is 5.56 Å². The number of nitrogens with one attached hydrogen (secondary N) is 1. The Morgan fingerprint density at radius 1 is 1.53 bits per heavy atom. The van der Waals surface area contributed by atoms with Crippen LogP contribution in [0.15, 0.2) is 12.1 Å². The van der Waals surface area contributed by atoms with Gasteiger partial charge in [-0.3, -0.25) is 0 Å². The van der Waals surface area contributed by atoms with Gasteiger partial charge in [0.25, 0.3) is 0 Å². The van der Waals surface area contributed by atoms with Gasteiger partial charge in [0.2, 0.25) is 0 Å². The molecule has 2 nitrogen and oxygen atoms in total. The molecule has 15 heavy (non-hydrogen) atoms. The highest BCUT2D eigenvalue weighted by Crippen LogP contribution is 2.40. The molecular weight excluding hydrogens is 210 g/mol. The fourth-order valence-electron chi connectivity index (χ4n) is 1.98. The molecule has 1 N–H and O–H groups in total. The summed E-state index contributed by atoms with van der Waals surface area (Å²) in [5.74, 6) is 0.866. The number of aryl methyl sites for hydroxylation is 1. The fourth-order valence-corrected chi connectivity index (χ4v) is 2.20. The summed E-state index contributed by atoms with van der Waals surface area (Å²) in [6.45, 7) is 5.97. The van der Waals surface area contributed by atoms with E-state index < -0.39 is 0 Å². The van der Waals surface area contributed by atoms with Crippen LogP contribution in [0.4, 0.5) is 0 Å². The number of halogens is 1. The number of hydrogen-bond donors (Lipinski definition) is 1. The van der Waals surface area contributed by atoms with Crippen LogP contribution in [0.2, 0.25) is 5.02 Å². The molecule has 2 rings (SSSR count). The van der Waals surface area contributed by atoms with Crippen LogP contribution in [0, 0.1) is 6.92 Å². The van der Waals surface area contributed by atoms with Gasteiger partial charge < -0.3 is 10.1 Å². The van der Waals surface area contributed by atoms with E-state index in [9.17, 15) is 0 Å². The minimum absolute atomic E-state index is 0.304. The number of rotatable bonds is 3. The van der Waals surface area contributed by atoms with Gasteiger partial charge in [-0.25, -0.2) is 0 Å². The normalized spacial score (nSPS) is 18.7. The van der Waals surface area contributed by atoms with Crippen molar-refractivity contribution in [3.63, 3.8) is 0 Å². The van der Waals surface area contributed by atoms with Gasteiger partial charge in [0.05, 0.1) is 11.1 Å². The molecule has 0 spiro atoms. The SMILES string of the molecule is CCCNC1COc2c(Cl)ccc(C)c21. The molecule has 1 aliphatic heterocycles. The summed E-state index contributed by atoms with van der Waals surface area (Å²) in [7, 11) is 0. The van der Waals surface area contributed by atoms with Crippen molar-refractivity contribution in [2.45, 2.75) is 26.3 Å². The molecule has 1 heterocycles. The van der Waals surface area contributed by atoms with E-state index in [4.69, 9.17) is 16.3 Å². The fraction of sp³-hybridized carbons (Fsp3) is 0.500. The Morgan fingerprint density at radius 3 is 3.07 bits per heavy atom. The minimum atomic E-state index is 0.304. The van der Waals surface area contributed by atoms with E-state index in [-0.39, 0.29) is 0 Å². The first-order chi connectivity index (χ1) is 7.24. The Bertz CT molecular complexity index is 365. The lowest BCUT2D eigenvalue weighted by molar-refractivity contribution is 0.311. The third kappa shape index (κ3) is 1.97. The van der Waals surface area contributed by atoms with Crippen LogP contribution in [0.1, 0.15) is 30.5 Å². The molecule has 0 bridgehead atoms. The number of hydrogen-bond acceptors (Lipinski definition) is 2. The molecule has 0 aromatic heterocycles. The van der Waals surface area contributed by atoms with Gasteiger partial charge in [0.15, 0.2) is 0 Å². The van der Waals surface area contributed by atoms with Crippen molar-refractivity contribution >= 4 is 11.6 Å². The maximum Gasteiger partial charge on any atom is 0.143 e. The van der Waals surface area contributed by atoms with Crippen LogP contribution in [-0.4, -0.2) is 13.2 Å². The Labute approximate surface area is 95.6 Å². The van der Waals surface area contributed by atoms with Crippen molar-refractivity contribution in [2.24, 2.45) is 0 Å². The summed E-state index contributed by atoms with van der Waals surface area (Å²) in [4.78, 5) is 0. The quantitative estimate of drug-likeness (QED) is 0.854. The van der Waals surface area contributed by atoms with E-state index in [1.807, 2.05) is 6.07 Å². The zero-order valence-corrected chi connectivity index (χ0v) is 9.90. The standard InChI is InChI=1S/C12H16ClNO/c1-3-6-14-10-7-15-12-9(13)5-4-8(2)11(10)12/h4-5,10,14H,3,6-7H2,1-2H3. The first kappa shape index (κ1) is 10.8. The Morgan fingerprint density at radius 2 is 2.33 bits per heavy atom. The molecule has 1 aromatic rings. The third-order valence-electron chi connectivity index (χ3n) is 2.75. The topological polar surface area (TPSA) is 21.3 Å². The molecule has 1 unspecified atom stereocenters. The highest BCUT2D eigenvalue weighted by molar-refractivity contribution is 6.32. The van der Waals surface area contributed by atoms with Gasteiger partial charge in [-0.05, 0) is 31.5 Å². The highest BCUT2D eigenvalue weighted by atomic mass is 35.5. The van der Waals surface area contributed by atoms with Crippen LogP contribution >= 0.6 is 11.6 Å². The second-order valence-corrected chi connectivity index (χ2v) is 4.33. The van der Waals surface area contributed by atoms with Crippen LogP contribution in [0.3, 0.4) is 0 Å². The summed E-state index contributed by atoms with van der Waals surface area (Å²) in [6.07, 6.45) is 1.13. The van der Waals surface area contributed by atoms with Crippen molar-refractivity contribution in [1.82, 2.24) is 5.32 Å². The molecule has 0 aliphatic carbocycles. The maximum atomic E-state index is 6.09. The van der Waals surface area contributed by atoms with Crippen molar-refractivity contribution in [1.29, 1.82) is 0 Å². The van der Waals surface area contributed by atoms with Crippen molar-refractivity contribution < 1.29 is 4.74 Å². The number of benzene rings is 1. The molecule has 0 amide bonds. The number of fused-ring (bicyclic) bond motifs is 1. The van der Waals surface area contributed by atoms with Crippen molar-refractivity contribution in [3.8, 4) is 5.75 Å². The van der Waals surface area contributed by atoms with Gasteiger partial charge in [-0.1, -0.05) is 24.6 Å². The second kappa shape index (κ2) is 4.42. The first-order valence-corrected chi connectivity index (χ1v) is 5.77. The van der Waals surface area contributed by atoms with Crippen LogP contribution in [0.25, 0.3) is 0 Å². The zero-order valence-electron chi connectivity index (χ0n) is 9.14. The molecule has 3 heteroatoms. The molecule has 0 fully saturated rings. The van der Waals surface area contributed by atoms with Crippen molar-refractivity contribution in [3.05, 3.63) is 28.3 Å². The zero-order chi connectivity index (χ0) is 10.8. The van der Waals surface area contributed by atoms with E-state index in [0.717, 1.165) is 23.7 Å². The largest absolute Gasteiger partial charge is 0.490 e. The van der Waals surface area contributed by atoms with E-state index in [1.165, 1.54) is 11.1 Å². The van der Waals surface area contributed by atoms with Gasteiger partial charge in [-0.15, -0.1) is 0 Å². The Balaban J connectivity index is 2.28. The lowest BCUT2D eigenvalue weighted by atomic mass is 10.0. The molecular formula is C12H16ClNO. The molecule has 0 saturated carbocycles. The van der Waals surface area contributed by atoms with Gasteiger partial charge in [0.1, 0.15) is 12.4 Å². The van der Waals surface area contributed by atoms with Crippen LogP contribution in [0.5, 0.6) is 5.75 Å². The maximum absolute atomic E-state index is 6.09. The summed E-state index contributed by atoms with van der Waals surface area (Å²) in [6, 6.07) is 4.26. The van der Waals surface area contributed by atoms with Crippen molar-refractivity contribution in [2.75, 3.05) is 13.2 Å². The average molecular weight is 226 g/mol. The molecule has 0 saturated heterocycles. The molecule has 0 radical (unpaired) electrons. The molecule has 1 aromatic carbocycles. The lowest BCUT2D eigenvalue weighted by Crippen LogP contribution is -2.23. The first-order valence-electron chi connectivity index (χ1n) is 5.39.